The van der Waals surface area contributed by atoms with E-state index >= 15 is 0 Å². The zero-order valence-electron chi connectivity index (χ0n) is 57.1. The minimum absolute atomic E-state index is 0. The van der Waals surface area contributed by atoms with Crippen LogP contribution in [-0.4, -0.2) is 39.9 Å². The Bertz CT molecular complexity index is 3660. The van der Waals surface area contributed by atoms with Gasteiger partial charge in [0, 0.05) is 46.4 Å². The maximum absolute atomic E-state index is 5.17. The maximum Gasteiger partial charge on any atom is 3.00 e. The number of benzene rings is 7. The van der Waals surface area contributed by atoms with E-state index in [1.165, 1.54) is 125 Å². The molecule has 0 bridgehead atoms. The Hall–Kier alpha value is -9.27. The van der Waals surface area contributed by atoms with Gasteiger partial charge in [0.2, 0.25) is 0 Å². The standard InChI is InChI=1S/C66H75N6.2C11H8N.Ir/c1-5-9-13-17-21-49-25-33-54(34-26-49)61-47-62(55-35-27-50(28-36-55)22-18-14-10-6-2)69-63(68-61)58-43-41-53(42-44-58)60-46-45-59(48-67-60)66-71-64(56-37-29-51(30-38-56)23-19-15-11-7-3)70-65(72-66)57-39-31-52(32-40-57)24-20-16-12-8-4;2*1-2-6-10(7-3-1)11-8-4-5-9-12-11;/h25-41,43-48H,5-24H2,1-4H3;2*1-6,8-9H;/q3*-1;+3. The third kappa shape index (κ3) is 22.4. The Kier molecular flexibility index (Phi) is 29.5. The van der Waals surface area contributed by atoms with Gasteiger partial charge in [-0.15, -0.1) is 102 Å². The molecule has 0 spiro atoms. The number of nitrogens with zero attached hydrogens (tertiary/aromatic N) is 8. The van der Waals surface area contributed by atoms with Crippen LogP contribution < -0.4 is 0 Å². The van der Waals surface area contributed by atoms with Gasteiger partial charge in [-0.1, -0.05) is 244 Å². The number of aromatic nitrogens is 8. The number of rotatable bonds is 29. The van der Waals surface area contributed by atoms with Gasteiger partial charge in [-0.25, -0.2) is 24.9 Å². The van der Waals surface area contributed by atoms with Gasteiger partial charge in [0.05, 0.1) is 11.4 Å². The van der Waals surface area contributed by atoms with Gasteiger partial charge >= 0.3 is 20.1 Å². The van der Waals surface area contributed by atoms with Gasteiger partial charge in [0.25, 0.3) is 0 Å². The molecule has 0 unspecified atom stereocenters. The van der Waals surface area contributed by atoms with E-state index in [1.807, 2.05) is 103 Å². The second-order valence-electron chi connectivity index (χ2n) is 24.7. The summed E-state index contributed by atoms with van der Waals surface area (Å²) in [6.07, 6.45) is 29.9. The predicted molar refractivity (Wildman–Crippen MR) is 399 cm³/mol. The van der Waals surface area contributed by atoms with Crippen molar-refractivity contribution < 1.29 is 20.1 Å². The summed E-state index contributed by atoms with van der Waals surface area (Å²) in [5.74, 6) is 2.58. The number of pyridine rings is 3. The summed E-state index contributed by atoms with van der Waals surface area (Å²) in [5.41, 5.74) is 18.8. The molecular formula is C88H91IrN8. The van der Waals surface area contributed by atoms with Crippen molar-refractivity contribution in [3.05, 3.63) is 277 Å². The fraction of sp³-hybridized carbons (Fsp3) is 0.273. The third-order valence-corrected chi connectivity index (χ3v) is 17.2. The molecule has 0 aliphatic carbocycles. The second-order valence-corrected chi connectivity index (χ2v) is 24.7. The molecule has 9 heteroatoms. The average molecular weight is 1450 g/mol. The van der Waals surface area contributed by atoms with E-state index in [4.69, 9.17) is 29.9 Å². The Morgan fingerprint density at radius 3 is 0.959 bits per heavy atom. The molecule has 0 N–H and O–H groups in total. The van der Waals surface area contributed by atoms with E-state index < -0.39 is 0 Å². The first kappa shape index (κ1) is 72.0. The summed E-state index contributed by atoms with van der Waals surface area (Å²) < 4.78 is 0. The zero-order chi connectivity index (χ0) is 66.2. The molecule has 0 saturated carbocycles. The van der Waals surface area contributed by atoms with Crippen LogP contribution in [0, 0.1) is 18.2 Å². The fourth-order valence-corrected chi connectivity index (χ4v) is 11.5. The van der Waals surface area contributed by atoms with Crippen LogP contribution >= 0.6 is 0 Å². The van der Waals surface area contributed by atoms with E-state index in [9.17, 15) is 0 Å². The maximum atomic E-state index is 5.17. The van der Waals surface area contributed by atoms with E-state index in [-0.39, 0.29) is 20.1 Å². The largest absolute Gasteiger partial charge is 3.00 e. The van der Waals surface area contributed by atoms with Gasteiger partial charge in [-0.05, 0) is 109 Å². The Morgan fingerprint density at radius 2 is 0.619 bits per heavy atom. The monoisotopic (exact) mass is 1450 g/mol. The van der Waals surface area contributed by atoms with Gasteiger partial charge in [0.1, 0.15) is 5.82 Å². The minimum Gasteiger partial charge on any atom is -0.305 e. The van der Waals surface area contributed by atoms with Crippen molar-refractivity contribution in [2.24, 2.45) is 0 Å². The van der Waals surface area contributed by atoms with Crippen molar-refractivity contribution in [2.75, 3.05) is 0 Å². The zero-order valence-corrected chi connectivity index (χ0v) is 59.5. The smallest absolute Gasteiger partial charge is 0.305 e. The number of hydrogen-bond donors (Lipinski definition) is 0. The van der Waals surface area contributed by atoms with Crippen LogP contribution in [0.3, 0.4) is 0 Å². The topological polar surface area (TPSA) is 103 Å². The van der Waals surface area contributed by atoms with Gasteiger partial charge in [-0.3, -0.25) is 0 Å². The van der Waals surface area contributed by atoms with Crippen molar-refractivity contribution in [1.29, 1.82) is 0 Å². The molecule has 0 fully saturated rings. The molecule has 0 amide bonds. The molecule has 0 saturated heterocycles. The van der Waals surface area contributed by atoms with Crippen LogP contribution in [-0.2, 0) is 45.8 Å². The molecule has 0 aliphatic rings. The quantitative estimate of drug-likeness (QED) is 0.0337. The van der Waals surface area contributed by atoms with Crippen LogP contribution in [0.2, 0.25) is 0 Å². The summed E-state index contributed by atoms with van der Waals surface area (Å²) in [6, 6.07) is 84.9. The Morgan fingerprint density at radius 1 is 0.268 bits per heavy atom. The van der Waals surface area contributed by atoms with Crippen LogP contribution in [0.1, 0.15) is 153 Å². The van der Waals surface area contributed by atoms with Gasteiger partial charge in [0.15, 0.2) is 17.5 Å². The number of hydrogen-bond acceptors (Lipinski definition) is 8. The van der Waals surface area contributed by atoms with Crippen molar-refractivity contribution in [1.82, 2.24) is 39.9 Å². The third-order valence-electron chi connectivity index (χ3n) is 17.2. The molecule has 8 nitrogen and oxygen atoms in total. The van der Waals surface area contributed by atoms with Crippen molar-refractivity contribution in [3.8, 4) is 102 Å². The van der Waals surface area contributed by atoms with E-state index in [0.29, 0.717) is 23.3 Å². The first-order valence-electron chi connectivity index (χ1n) is 35.2. The van der Waals surface area contributed by atoms with Crippen LogP contribution in [0.4, 0.5) is 0 Å². The van der Waals surface area contributed by atoms with Crippen molar-refractivity contribution in [2.45, 2.75) is 156 Å². The summed E-state index contributed by atoms with van der Waals surface area (Å²) in [6.45, 7) is 9.04. The average Bonchev–Trinajstić information content (AvgIpc) is 0.970. The first-order chi connectivity index (χ1) is 47.4. The number of unbranched alkanes of at least 4 members (excludes halogenated alkanes) is 12. The first-order valence-corrected chi connectivity index (χ1v) is 35.2. The normalized spacial score (nSPS) is 10.8. The Balaban J connectivity index is 0.000000364. The molecule has 492 valence electrons. The summed E-state index contributed by atoms with van der Waals surface area (Å²) in [5, 5.41) is 0. The van der Waals surface area contributed by atoms with Crippen LogP contribution in [0.15, 0.2) is 237 Å². The summed E-state index contributed by atoms with van der Waals surface area (Å²) in [4.78, 5) is 38.9. The molecule has 12 aromatic rings. The van der Waals surface area contributed by atoms with E-state index in [0.717, 1.165) is 104 Å². The predicted octanol–water partition coefficient (Wildman–Crippen LogP) is 23.1. The minimum atomic E-state index is 0. The van der Waals surface area contributed by atoms with E-state index in [2.05, 4.69) is 177 Å². The molecular weight excluding hydrogens is 1360 g/mol. The van der Waals surface area contributed by atoms with E-state index in [1.54, 1.807) is 12.4 Å². The molecule has 5 aromatic heterocycles. The summed E-state index contributed by atoms with van der Waals surface area (Å²) >= 11 is 0. The van der Waals surface area contributed by atoms with Crippen molar-refractivity contribution >= 4 is 0 Å². The van der Waals surface area contributed by atoms with Crippen LogP contribution in [0.5, 0.6) is 0 Å². The molecule has 0 atom stereocenters. The molecule has 7 aromatic carbocycles. The molecule has 0 aliphatic heterocycles. The van der Waals surface area contributed by atoms with Gasteiger partial charge < -0.3 is 15.0 Å². The van der Waals surface area contributed by atoms with Crippen molar-refractivity contribution in [3.63, 3.8) is 0 Å². The number of aryl methyl sites for hydroxylation is 4. The molecule has 0 radical (unpaired) electrons. The molecule has 12 rings (SSSR count). The van der Waals surface area contributed by atoms with Crippen LogP contribution in [0.25, 0.3) is 102 Å². The second kappa shape index (κ2) is 39.7. The Labute approximate surface area is 591 Å². The summed E-state index contributed by atoms with van der Waals surface area (Å²) in [7, 11) is 0. The van der Waals surface area contributed by atoms with Gasteiger partial charge in [-0.2, -0.15) is 0 Å². The molecule has 97 heavy (non-hydrogen) atoms. The fourth-order valence-electron chi connectivity index (χ4n) is 11.5. The SMILES string of the molecule is CCCCCCc1ccc(-c2cc(-c3ccc(CCCCCC)cc3)nc(-c3c[c-]c(-c4ccc(-c5nc(-c6ccc(CCCCCC)cc6)nc(-c6ccc(CCCCCC)cc6)n5)cn4)cc3)n2)cc1.[Ir+3].[c-]1ccccc1-c1ccccn1.[c-]1ccccc1-c1ccccn1. The molecule has 5 heterocycles.